The van der Waals surface area contributed by atoms with Gasteiger partial charge in [0.1, 0.15) is 11.6 Å². The van der Waals surface area contributed by atoms with Gasteiger partial charge in [0.05, 0.1) is 12.2 Å². The number of aryl methyl sites for hydroxylation is 1. The molecule has 0 atom stereocenters. The Bertz CT molecular complexity index is 680. The third kappa shape index (κ3) is 4.86. The Hall–Kier alpha value is -1.77. The van der Waals surface area contributed by atoms with E-state index in [9.17, 15) is 4.79 Å². The predicted molar refractivity (Wildman–Crippen MR) is 93.5 cm³/mol. The maximum Gasteiger partial charge on any atom is 0.239 e. The van der Waals surface area contributed by atoms with Crippen LogP contribution in [0, 0.1) is 6.92 Å². The molecule has 1 amide bonds. The summed E-state index contributed by atoms with van der Waals surface area (Å²) in [6.45, 7) is 6.61. The Morgan fingerprint density at radius 2 is 2.04 bits per heavy atom. The summed E-state index contributed by atoms with van der Waals surface area (Å²) in [6.07, 6.45) is 1.67. The van der Waals surface area contributed by atoms with Gasteiger partial charge in [-0.2, -0.15) is 0 Å². The molecule has 0 aliphatic carbocycles. The van der Waals surface area contributed by atoms with Crippen LogP contribution in [0.25, 0.3) is 0 Å². The van der Waals surface area contributed by atoms with Crippen LogP contribution in [0.4, 0.5) is 5.82 Å². The first kappa shape index (κ1) is 17.1. The molecule has 2 aromatic heterocycles. The summed E-state index contributed by atoms with van der Waals surface area (Å²) in [7, 11) is 0. The quantitative estimate of drug-likeness (QED) is 0.835. The zero-order valence-corrected chi connectivity index (χ0v) is 15.1. The van der Waals surface area contributed by atoms with Gasteiger partial charge in [0.15, 0.2) is 0 Å². The van der Waals surface area contributed by atoms with Gasteiger partial charge in [-0.25, -0.2) is 4.98 Å². The zero-order valence-electron chi connectivity index (χ0n) is 13.5. The molecule has 2 aromatic rings. The molecule has 0 saturated carbocycles. The van der Waals surface area contributed by atoms with Crippen LogP contribution >= 0.6 is 15.9 Å². The number of rotatable bonds is 5. The van der Waals surface area contributed by atoms with Crippen molar-refractivity contribution in [3.8, 4) is 0 Å². The minimum absolute atomic E-state index is 0.0367. The number of nitrogens with zero attached hydrogens (tertiary/aromatic N) is 4. The molecule has 8 heteroatoms. The standard InChI is InChI=1S/C16H20BrN5O2/c1-12-8-14(20-24-12)10-21-4-6-22(7-5-21)11-16(23)19-15-3-2-13(17)9-18-15/h2-3,8-9H,4-7,10-11H2,1H3,(H,18,19,23). The number of aromatic nitrogens is 2. The van der Waals surface area contributed by atoms with E-state index in [1.54, 1.807) is 12.3 Å². The molecule has 1 N–H and O–H groups in total. The lowest BCUT2D eigenvalue weighted by atomic mass is 10.2. The number of pyridine rings is 1. The number of anilines is 1. The van der Waals surface area contributed by atoms with Gasteiger partial charge in [0.25, 0.3) is 0 Å². The summed E-state index contributed by atoms with van der Waals surface area (Å²) < 4.78 is 5.98. The lowest BCUT2D eigenvalue weighted by Gasteiger charge is -2.33. The van der Waals surface area contributed by atoms with E-state index in [0.717, 1.165) is 48.7 Å². The molecule has 0 radical (unpaired) electrons. The van der Waals surface area contributed by atoms with Gasteiger partial charge in [-0.05, 0) is 35.0 Å². The highest BCUT2D eigenvalue weighted by Gasteiger charge is 2.20. The van der Waals surface area contributed by atoms with Crippen LogP contribution in [0.5, 0.6) is 0 Å². The van der Waals surface area contributed by atoms with Crippen molar-refractivity contribution in [1.82, 2.24) is 19.9 Å². The Morgan fingerprint density at radius 1 is 1.29 bits per heavy atom. The SMILES string of the molecule is Cc1cc(CN2CCN(CC(=O)Nc3ccc(Br)cn3)CC2)no1. The maximum atomic E-state index is 12.1. The smallest absolute Gasteiger partial charge is 0.239 e. The third-order valence-corrected chi connectivity index (χ3v) is 4.36. The molecule has 7 nitrogen and oxygen atoms in total. The average Bonchev–Trinajstić information content (AvgIpc) is 2.96. The molecular weight excluding hydrogens is 374 g/mol. The molecule has 1 aliphatic rings. The first-order valence-electron chi connectivity index (χ1n) is 7.87. The number of nitrogens with one attached hydrogen (secondary N) is 1. The molecule has 3 heterocycles. The van der Waals surface area contributed by atoms with Crippen molar-refractivity contribution in [2.45, 2.75) is 13.5 Å². The van der Waals surface area contributed by atoms with Crippen LogP contribution in [-0.2, 0) is 11.3 Å². The van der Waals surface area contributed by atoms with E-state index in [0.29, 0.717) is 12.4 Å². The highest BCUT2D eigenvalue weighted by Crippen LogP contribution is 2.11. The van der Waals surface area contributed by atoms with Crippen molar-refractivity contribution in [1.29, 1.82) is 0 Å². The summed E-state index contributed by atoms with van der Waals surface area (Å²) in [4.78, 5) is 20.7. The van der Waals surface area contributed by atoms with Crippen LogP contribution in [-0.4, -0.2) is 58.6 Å². The monoisotopic (exact) mass is 393 g/mol. The van der Waals surface area contributed by atoms with Gasteiger partial charge in [0.2, 0.25) is 5.91 Å². The van der Waals surface area contributed by atoms with Gasteiger partial charge >= 0.3 is 0 Å². The second-order valence-electron chi connectivity index (χ2n) is 5.89. The van der Waals surface area contributed by atoms with Crippen LogP contribution in [0.2, 0.25) is 0 Å². The molecule has 0 unspecified atom stereocenters. The highest BCUT2D eigenvalue weighted by molar-refractivity contribution is 9.10. The van der Waals surface area contributed by atoms with Crippen molar-refractivity contribution < 1.29 is 9.32 Å². The molecule has 0 bridgehead atoms. The Labute approximate surface area is 149 Å². The van der Waals surface area contributed by atoms with Crippen LogP contribution in [0.3, 0.4) is 0 Å². The van der Waals surface area contributed by atoms with E-state index in [4.69, 9.17) is 4.52 Å². The second kappa shape index (κ2) is 7.87. The largest absolute Gasteiger partial charge is 0.361 e. The third-order valence-electron chi connectivity index (χ3n) is 3.89. The van der Waals surface area contributed by atoms with Crippen molar-refractivity contribution in [2.24, 2.45) is 0 Å². The lowest BCUT2D eigenvalue weighted by molar-refractivity contribution is -0.117. The van der Waals surface area contributed by atoms with E-state index in [1.807, 2.05) is 19.1 Å². The highest BCUT2D eigenvalue weighted by atomic mass is 79.9. The van der Waals surface area contributed by atoms with Gasteiger partial charge in [-0.3, -0.25) is 14.6 Å². The molecule has 1 saturated heterocycles. The summed E-state index contributed by atoms with van der Waals surface area (Å²) in [5.74, 6) is 1.37. The van der Waals surface area contributed by atoms with Crippen molar-refractivity contribution >= 4 is 27.7 Å². The molecule has 0 aromatic carbocycles. The first-order valence-corrected chi connectivity index (χ1v) is 8.66. The Kier molecular flexibility index (Phi) is 5.60. The van der Waals surface area contributed by atoms with E-state index >= 15 is 0 Å². The molecular formula is C16H20BrN5O2. The minimum Gasteiger partial charge on any atom is -0.361 e. The fraction of sp³-hybridized carbons (Fsp3) is 0.438. The van der Waals surface area contributed by atoms with Crippen LogP contribution in [0.15, 0.2) is 33.4 Å². The summed E-state index contributed by atoms with van der Waals surface area (Å²) in [6, 6.07) is 5.60. The number of hydrogen-bond acceptors (Lipinski definition) is 6. The normalized spacial score (nSPS) is 16.2. The summed E-state index contributed by atoms with van der Waals surface area (Å²) in [5.41, 5.74) is 0.958. The van der Waals surface area contributed by atoms with Gasteiger partial charge in [-0.1, -0.05) is 5.16 Å². The predicted octanol–water partition coefficient (Wildman–Crippen LogP) is 1.90. The van der Waals surface area contributed by atoms with Gasteiger partial charge < -0.3 is 9.84 Å². The maximum absolute atomic E-state index is 12.1. The number of hydrogen-bond donors (Lipinski definition) is 1. The van der Waals surface area contributed by atoms with E-state index < -0.39 is 0 Å². The van der Waals surface area contributed by atoms with Crippen LogP contribution < -0.4 is 5.32 Å². The lowest BCUT2D eigenvalue weighted by Crippen LogP contribution is -2.48. The van der Waals surface area contributed by atoms with Crippen molar-refractivity contribution in [3.63, 3.8) is 0 Å². The number of halogens is 1. The summed E-state index contributed by atoms with van der Waals surface area (Å²) >= 11 is 3.32. The van der Waals surface area contributed by atoms with Crippen molar-refractivity contribution in [2.75, 3.05) is 38.0 Å². The molecule has 128 valence electrons. The molecule has 24 heavy (non-hydrogen) atoms. The average molecular weight is 394 g/mol. The molecule has 1 aliphatic heterocycles. The van der Waals surface area contributed by atoms with Gasteiger partial charge in [0, 0.05) is 49.5 Å². The second-order valence-corrected chi connectivity index (χ2v) is 6.81. The fourth-order valence-corrected chi connectivity index (χ4v) is 2.90. The molecule has 1 fully saturated rings. The molecule has 0 spiro atoms. The molecule has 3 rings (SSSR count). The van der Waals surface area contributed by atoms with Gasteiger partial charge in [-0.15, -0.1) is 0 Å². The topological polar surface area (TPSA) is 74.5 Å². The van der Waals surface area contributed by atoms with E-state index in [2.05, 4.69) is 41.2 Å². The Balaban J connectivity index is 1.41. The summed E-state index contributed by atoms with van der Waals surface area (Å²) in [5, 5.41) is 6.85. The zero-order chi connectivity index (χ0) is 16.9. The number of piperazine rings is 1. The number of carbonyl (C=O) groups excluding carboxylic acids is 1. The van der Waals surface area contributed by atoms with Crippen molar-refractivity contribution in [3.05, 3.63) is 40.3 Å². The Morgan fingerprint density at radius 3 is 2.67 bits per heavy atom. The van der Waals surface area contributed by atoms with E-state index in [1.165, 1.54) is 0 Å². The van der Waals surface area contributed by atoms with Crippen LogP contribution in [0.1, 0.15) is 11.5 Å². The first-order chi connectivity index (χ1) is 11.6. The minimum atomic E-state index is -0.0367. The number of carbonyl (C=O) groups is 1. The van der Waals surface area contributed by atoms with E-state index in [-0.39, 0.29) is 5.91 Å². The fourth-order valence-electron chi connectivity index (χ4n) is 2.66. The number of amides is 1.